The minimum absolute atomic E-state index is 0.0512. The van der Waals surface area contributed by atoms with Gasteiger partial charge in [-0.2, -0.15) is 26.3 Å². The molecule has 1 saturated heterocycles. The molecule has 4 aromatic carbocycles. The average molecular weight is 1280 g/mol. The summed E-state index contributed by atoms with van der Waals surface area (Å²) < 4.78 is 73.4. The molecule has 2 atom stereocenters. The number of alkyl halides is 6. The van der Waals surface area contributed by atoms with E-state index in [0.717, 1.165) is 59.6 Å². The summed E-state index contributed by atoms with van der Waals surface area (Å²) in [6, 6.07) is 21.0. The molecule has 32 heteroatoms. The summed E-state index contributed by atoms with van der Waals surface area (Å²) >= 11 is 25.4. The van der Waals surface area contributed by atoms with Crippen LogP contribution in [0.5, 0.6) is 0 Å². The maximum atomic E-state index is 12.3. The molecule has 0 spiro atoms. The smallest absolute Gasteiger partial charge is 0.480 e. The predicted molar refractivity (Wildman–Crippen MR) is 291 cm³/mol. The van der Waals surface area contributed by atoms with Gasteiger partial charge in [-0.05, 0) is 96.0 Å². The molecular weight excluding hydrogens is 1230 g/mol. The number of ketones is 2. The standard InChI is InChI=1S/C26H27Cl2N3O6.C23H23Cl2N3O6.2C2HF3O2/c1-26(2)36-23(33)22(24(34)37-26)21(32)8-9-29-25(35)30-16-6-4-14(5-7-16)18-12-31(3)13-19-17(18)10-15(27)11-20(19)28;1-28-10-16(15-8-13(24)9-18(25)17(15)11-28)12-2-4-14(5-3-12)27-23(34)26-7-6-19(29)20(21(30)31)22(32)33;2*3-2(4,5)1(6)7/h4-7,10-11,18,22H,8-9,12-13H2,1-3H3,(H2,29,30,35);2-5,8-9,16,20H,6-7,10-11H2,1H3,(H,30,31)(H,32,33)(H2,26,27,34);2*(H,6,7). The van der Waals surface area contributed by atoms with E-state index in [1.54, 1.807) is 36.4 Å². The highest BCUT2D eigenvalue weighted by Gasteiger charge is 2.47. The first-order valence-electron chi connectivity index (χ1n) is 24.6. The first-order valence-corrected chi connectivity index (χ1v) is 26.1. The van der Waals surface area contributed by atoms with E-state index in [1.165, 1.54) is 13.8 Å². The van der Waals surface area contributed by atoms with Gasteiger partial charge in [0.25, 0.3) is 5.79 Å². The van der Waals surface area contributed by atoms with E-state index in [0.29, 0.717) is 31.5 Å². The van der Waals surface area contributed by atoms with Crippen LogP contribution in [0.15, 0.2) is 72.8 Å². The van der Waals surface area contributed by atoms with Crippen LogP contribution in [0, 0.1) is 11.8 Å². The number of carboxylic acid groups (broad SMARTS) is 4. The van der Waals surface area contributed by atoms with E-state index < -0.39 is 95.8 Å². The molecule has 3 aliphatic rings. The van der Waals surface area contributed by atoms with Crippen LogP contribution in [0.4, 0.5) is 47.3 Å². The van der Waals surface area contributed by atoms with Gasteiger partial charge in [0.05, 0.1) is 0 Å². The SMILES string of the molecule is CN1Cc2c(Cl)cc(Cl)cc2C(c2ccc(NC(=O)NCCC(=O)C(C(=O)O)C(=O)O)cc2)C1.CN1Cc2c(Cl)cc(Cl)cc2C(c2ccc(NC(=O)NCCC(=O)C3C(=O)OC(C)(C)OC3=O)cc2)C1.O=C(O)C(F)(F)F.O=C(O)C(F)(F)F. The lowest BCUT2D eigenvalue weighted by molar-refractivity contribution is -0.238. The molecule has 1 fully saturated rings. The molecule has 8 N–H and O–H groups in total. The van der Waals surface area contributed by atoms with Crippen LogP contribution in [-0.4, -0.2) is 148 Å². The van der Waals surface area contributed by atoms with Crippen molar-refractivity contribution in [3.8, 4) is 0 Å². The summed E-state index contributed by atoms with van der Waals surface area (Å²) in [4.78, 5) is 116. The fourth-order valence-electron chi connectivity index (χ4n) is 8.46. The highest BCUT2D eigenvalue weighted by atomic mass is 35.5. The Morgan fingerprint density at radius 2 is 0.941 bits per heavy atom. The molecule has 0 aromatic heterocycles. The van der Waals surface area contributed by atoms with Gasteiger partial charge in [0.1, 0.15) is 0 Å². The molecule has 22 nitrogen and oxygen atoms in total. The normalized spacial score (nSPS) is 16.5. The Morgan fingerprint density at radius 3 is 1.27 bits per heavy atom. The third-order valence-electron chi connectivity index (χ3n) is 12.2. The Bertz CT molecular complexity index is 3130. The fraction of sp³-hybridized carbons (Fsp3) is 0.358. The number of hydrogen-bond donors (Lipinski definition) is 8. The lowest BCUT2D eigenvalue weighted by Gasteiger charge is -2.33. The van der Waals surface area contributed by atoms with Gasteiger partial charge >= 0.3 is 60.2 Å². The molecule has 0 bridgehead atoms. The zero-order valence-corrected chi connectivity index (χ0v) is 47.8. The first kappa shape index (κ1) is 69.7. The number of cyclic esters (lactones) is 2. The number of rotatable bonds is 14. The van der Waals surface area contributed by atoms with Crippen molar-refractivity contribution < 1.29 is 104 Å². The molecule has 0 radical (unpaired) electrons. The molecule has 4 aromatic rings. The van der Waals surface area contributed by atoms with Crippen LogP contribution in [-0.2, 0) is 60.9 Å². The number of anilines is 2. The Hall–Kier alpha value is -7.76. The van der Waals surface area contributed by atoms with Crippen LogP contribution >= 0.6 is 46.4 Å². The number of Topliss-reactive ketones (excluding diaryl/α,β-unsaturated/α-hetero) is 2. The highest BCUT2D eigenvalue weighted by molar-refractivity contribution is 6.36. The number of carbonyl (C=O) groups is 10. The number of carboxylic acids is 4. The highest BCUT2D eigenvalue weighted by Crippen LogP contribution is 2.40. The number of hydrogen-bond acceptors (Lipinski definition) is 14. The number of carbonyl (C=O) groups excluding carboxylic acids is 6. The van der Waals surface area contributed by atoms with Crippen LogP contribution in [0.1, 0.15) is 71.9 Å². The van der Waals surface area contributed by atoms with Gasteiger partial charge in [0.2, 0.25) is 11.8 Å². The Kier molecular flexibility index (Phi) is 24.5. The minimum Gasteiger partial charge on any atom is -0.480 e. The van der Waals surface area contributed by atoms with Crippen LogP contribution in [0.25, 0.3) is 0 Å². The summed E-state index contributed by atoms with van der Waals surface area (Å²) in [6.07, 6.45) is -10.8. The van der Waals surface area contributed by atoms with Crippen molar-refractivity contribution >= 4 is 117 Å². The number of nitrogens with zero attached hydrogens (tertiary/aromatic N) is 2. The number of benzene rings is 4. The van der Waals surface area contributed by atoms with Crippen molar-refractivity contribution in [3.63, 3.8) is 0 Å². The number of ether oxygens (including phenoxy) is 2. The Balaban J connectivity index is 0.000000298. The molecule has 0 saturated carbocycles. The Morgan fingerprint density at radius 1 is 0.600 bits per heavy atom. The van der Waals surface area contributed by atoms with Crippen molar-refractivity contribution in [2.75, 3.05) is 50.9 Å². The molecule has 7 rings (SSSR count). The first-order chi connectivity index (χ1) is 39.4. The van der Waals surface area contributed by atoms with Gasteiger partial charge in [-0.1, -0.05) is 70.7 Å². The number of fused-ring (bicyclic) bond motifs is 2. The molecule has 2 unspecified atom stereocenters. The molecule has 4 amide bonds. The second-order valence-electron chi connectivity index (χ2n) is 19.2. The van der Waals surface area contributed by atoms with E-state index in [4.69, 9.17) is 85.9 Å². The number of aliphatic carboxylic acids is 4. The van der Waals surface area contributed by atoms with Gasteiger partial charge in [0, 0.05) is 109 Å². The quantitative estimate of drug-likeness (QED) is 0.0332. The summed E-state index contributed by atoms with van der Waals surface area (Å²) in [6.45, 7) is 5.57. The van der Waals surface area contributed by atoms with Crippen molar-refractivity contribution in [1.82, 2.24) is 20.4 Å². The molecule has 460 valence electrons. The number of halogens is 10. The van der Waals surface area contributed by atoms with Crippen molar-refractivity contribution in [3.05, 3.63) is 126 Å². The number of esters is 2. The van der Waals surface area contributed by atoms with Gasteiger partial charge in [-0.15, -0.1) is 0 Å². The Labute approximate surface area is 498 Å². The number of nitrogens with one attached hydrogen (secondary N) is 4. The summed E-state index contributed by atoms with van der Waals surface area (Å²) in [5, 5.41) is 44.6. The lowest BCUT2D eigenvalue weighted by atomic mass is 9.85. The third kappa shape index (κ3) is 20.8. The van der Waals surface area contributed by atoms with E-state index >= 15 is 0 Å². The maximum absolute atomic E-state index is 12.3. The number of amides is 4. The van der Waals surface area contributed by atoms with E-state index in [2.05, 4.69) is 31.1 Å². The summed E-state index contributed by atoms with van der Waals surface area (Å²) in [5.74, 6) is -17.6. The predicted octanol–water partition coefficient (Wildman–Crippen LogP) is 8.81. The molecule has 85 heavy (non-hydrogen) atoms. The largest absolute Gasteiger partial charge is 0.490 e. The summed E-state index contributed by atoms with van der Waals surface area (Å²) in [7, 11) is 4.05. The number of likely N-dealkylation sites (N-methyl/N-ethyl adjacent to an activating group) is 2. The van der Waals surface area contributed by atoms with Crippen molar-refractivity contribution in [2.24, 2.45) is 11.8 Å². The van der Waals surface area contributed by atoms with Crippen molar-refractivity contribution in [1.29, 1.82) is 0 Å². The van der Waals surface area contributed by atoms with Crippen LogP contribution in [0.3, 0.4) is 0 Å². The molecule has 0 aliphatic carbocycles. The number of urea groups is 2. The van der Waals surface area contributed by atoms with Gasteiger partial charge < -0.3 is 61.0 Å². The lowest BCUT2D eigenvalue weighted by Crippen LogP contribution is -2.49. The maximum Gasteiger partial charge on any atom is 0.490 e. The third-order valence-corrected chi connectivity index (χ3v) is 13.3. The zero-order valence-electron chi connectivity index (χ0n) is 44.8. The van der Waals surface area contributed by atoms with Gasteiger partial charge in [0.15, 0.2) is 11.6 Å². The van der Waals surface area contributed by atoms with E-state index in [-0.39, 0.29) is 31.3 Å². The molecule has 3 heterocycles. The zero-order chi connectivity index (χ0) is 64.1. The second kappa shape index (κ2) is 29.9. The monoisotopic (exact) mass is 1280 g/mol. The topological polar surface area (TPSA) is 325 Å². The molecule has 3 aliphatic heterocycles. The van der Waals surface area contributed by atoms with E-state index in [1.807, 2.05) is 50.5 Å². The van der Waals surface area contributed by atoms with Gasteiger partial charge in [-0.3, -0.25) is 28.8 Å². The summed E-state index contributed by atoms with van der Waals surface area (Å²) in [5.41, 5.74) is 7.40. The average Bonchev–Trinajstić information content (AvgIpc) is 2.05. The minimum atomic E-state index is -5.08. The van der Waals surface area contributed by atoms with Crippen LogP contribution in [0.2, 0.25) is 20.1 Å². The van der Waals surface area contributed by atoms with Gasteiger partial charge in [-0.25, -0.2) is 19.2 Å². The second-order valence-corrected chi connectivity index (χ2v) is 20.9. The fourth-order valence-corrected chi connectivity index (χ4v) is 9.60. The van der Waals surface area contributed by atoms with Crippen molar-refractivity contribution in [2.45, 2.75) is 69.8 Å². The van der Waals surface area contributed by atoms with Crippen LogP contribution < -0.4 is 21.3 Å². The van der Waals surface area contributed by atoms with E-state index in [9.17, 15) is 64.7 Å². The molecular formula is C53H52Cl4F6N6O16.